The first-order valence-electron chi connectivity index (χ1n) is 12.9. The maximum Gasteiger partial charge on any atom is 0.0636 e. The fourth-order valence-electron chi connectivity index (χ4n) is 5.25. The Morgan fingerprint density at radius 3 is 1.06 bits per heavy atom. The van der Waals surface area contributed by atoms with Crippen LogP contribution in [0.3, 0.4) is 0 Å². The van der Waals surface area contributed by atoms with Crippen molar-refractivity contribution in [2.24, 2.45) is 0 Å². The van der Waals surface area contributed by atoms with E-state index >= 15 is 0 Å². The summed E-state index contributed by atoms with van der Waals surface area (Å²) in [7, 11) is 0. The lowest BCUT2D eigenvalue weighted by Gasteiger charge is -2.18. The van der Waals surface area contributed by atoms with E-state index in [4.69, 9.17) is 0 Å². The van der Waals surface area contributed by atoms with Crippen molar-refractivity contribution in [2.75, 3.05) is 0 Å². The van der Waals surface area contributed by atoms with E-state index in [2.05, 4.69) is 104 Å². The Bertz CT molecular complexity index is 1340. The molecule has 0 spiro atoms. The van der Waals surface area contributed by atoms with Crippen LogP contribution in [0.1, 0.15) is 101 Å². The zero-order valence-corrected chi connectivity index (χ0v) is 24.6. The van der Waals surface area contributed by atoms with Crippen molar-refractivity contribution in [1.29, 1.82) is 0 Å². The summed E-state index contributed by atoms with van der Waals surface area (Å²) in [5.41, 5.74) is 8.84. The first-order chi connectivity index (χ1) is 16.7. The number of hydrogen-bond donors (Lipinski definition) is 0. The molecule has 0 saturated heterocycles. The Morgan fingerprint density at radius 2 is 0.771 bits per heavy atom. The lowest BCUT2D eigenvalue weighted by Crippen LogP contribution is -1.98. The van der Waals surface area contributed by atoms with Gasteiger partial charge in [0.05, 0.1) is 9.40 Å². The van der Waals surface area contributed by atoms with Crippen molar-refractivity contribution in [3.05, 3.63) is 70.8 Å². The monoisotopic (exact) mass is 516 g/mol. The summed E-state index contributed by atoms with van der Waals surface area (Å²) >= 11 is 5.97. The molecule has 0 amide bonds. The van der Waals surface area contributed by atoms with Gasteiger partial charge < -0.3 is 0 Å². The second-order valence-electron chi connectivity index (χ2n) is 11.0. The molecule has 0 aliphatic carbocycles. The summed E-state index contributed by atoms with van der Waals surface area (Å²) in [6.07, 6.45) is 0. The van der Waals surface area contributed by atoms with Gasteiger partial charge in [-0.3, -0.25) is 0 Å². The highest BCUT2D eigenvalue weighted by Gasteiger charge is 2.22. The van der Waals surface area contributed by atoms with Crippen LogP contribution >= 0.6 is 34.0 Å². The van der Waals surface area contributed by atoms with Crippen molar-refractivity contribution in [3.63, 3.8) is 0 Å². The Morgan fingerprint density at radius 1 is 0.457 bits per heavy atom. The minimum absolute atomic E-state index is 0.513. The maximum atomic E-state index is 2.46. The summed E-state index contributed by atoms with van der Waals surface area (Å²) < 4.78 is 5.81. The predicted molar refractivity (Wildman–Crippen MR) is 162 cm³/mol. The molecule has 0 aliphatic heterocycles. The second kappa shape index (κ2) is 9.50. The molecule has 5 rings (SSSR count). The number of thiophene rings is 3. The van der Waals surface area contributed by atoms with Crippen LogP contribution in [0, 0.1) is 0 Å². The zero-order chi connectivity index (χ0) is 25.0. The van der Waals surface area contributed by atoms with Gasteiger partial charge >= 0.3 is 0 Å². The van der Waals surface area contributed by atoms with Crippen molar-refractivity contribution in [1.82, 2.24) is 0 Å². The molecule has 3 heteroatoms. The number of benzene rings is 2. The van der Waals surface area contributed by atoms with Gasteiger partial charge in [0, 0.05) is 19.2 Å². The molecule has 0 nitrogen and oxygen atoms in total. The van der Waals surface area contributed by atoms with Gasteiger partial charge in [0.2, 0.25) is 0 Å². The smallest absolute Gasteiger partial charge is 0.0636 e. The first kappa shape index (κ1) is 24.7. The molecule has 0 N–H and O–H groups in total. The van der Waals surface area contributed by atoms with Gasteiger partial charge in [0.1, 0.15) is 0 Å². The minimum atomic E-state index is 0.513. The van der Waals surface area contributed by atoms with Crippen LogP contribution in [0.25, 0.3) is 39.7 Å². The van der Waals surface area contributed by atoms with Crippen LogP contribution in [-0.2, 0) is 0 Å². The lowest BCUT2D eigenvalue weighted by atomic mass is 9.88. The molecule has 0 aliphatic rings. The zero-order valence-electron chi connectivity index (χ0n) is 22.2. The van der Waals surface area contributed by atoms with E-state index in [-0.39, 0.29) is 0 Å². The summed E-state index contributed by atoms with van der Waals surface area (Å²) in [6, 6.07) is 18.7. The number of fused-ring (bicyclic) bond motifs is 3. The molecule has 2 aromatic carbocycles. The SMILES string of the molecule is CC(C)c1cccc(C(C)C)c1-c1cc2sc3cc(-c4c(C(C)C)cccc4C(C)C)sc3c2s1. The van der Waals surface area contributed by atoms with E-state index in [1.54, 1.807) is 0 Å². The molecule has 0 radical (unpaired) electrons. The van der Waals surface area contributed by atoms with E-state index in [1.165, 1.54) is 61.9 Å². The Kier molecular flexibility index (Phi) is 6.72. The highest BCUT2D eigenvalue weighted by Crippen LogP contribution is 2.51. The molecule has 0 saturated carbocycles. The van der Waals surface area contributed by atoms with Gasteiger partial charge in [-0.2, -0.15) is 0 Å². The van der Waals surface area contributed by atoms with E-state index in [1.807, 2.05) is 34.0 Å². The molecular formula is C32H36S3. The van der Waals surface area contributed by atoms with Crippen molar-refractivity contribution >= 4 is 52.8 Å². The van der Waals surface area contributed by atoms with Crippen molar-refractivity contribution in [3.8, 4) is 20.9 Å². The Hall–Kier alpha value is -1.94. The highest BCUT2D eigenvalue weighted by atomic mass is 32.1. The maximum absolute atomic E-state index is 2.46. The average molecular weight is 517 g/mol. The van der Waals surface area contributed by atoms with Gasteiger partial charge in [0.15, 0.2) is 0 Å². The lowest BCUT2D eigenvalue weighted by molar-refractivity contribution is 0.839. The van der Waals surface area contributed by atoms with Gasteiger partial charge in [-0.15, -0.1) is 34.0 Å². The van der Waals surface area contributed by atoms with Gasteiger partial charge in [-0.05, 0) is 69.2 Å². The summed E-state index contributed by atoms with van der Waals surface area (Å²) in [6.45, 7) is 18.6. The molecule has 0 atom stereocenters. The standard InChI is InChI=1S/C32H36S3/c1-17(2)21-11-9-12-22(18(3)4)29(21)25-15-27-31(34-25)32-28(33-27)16-26(35-32)30-23(19(5)6)13-10-14-24(30)20(7)8/h9-20H,1-8H3. The summed E-state index contributed by atoms with van der Waals surface area (Å²) in [5, 5.41) is 0. The van der Waals surface area contributed by atoms with Gasteiger partial charge in [0.25, 0.3) is 0 Å². The second-order valence-corrected chi connectivity index (χ2v) is 14.1. The van der Waals surface area contributed by atoms with E-state index < -0.39 is 0 Å². The van der Waals surface area contributed by atoms with Gasteiger partial charge in [-0.25, -0.2) is 0 Å². The van der Waals surface area contributed by atoms with E-state index in [0.29, 0.717) is 23.7 Å². The quantitative estimate of drug-likeness (QED) is 0.210. The number of rotatable bonds is 6. The topological polar surface area (TPSA) is 0 Å². The van der Waals surface area contributed by atoms with Crippen molar-refractivity contribution < 1.29 is 0 Å². The van der Waals surface area contributed by atoms with Crippen molar-refractivity contribution in [2.45, 2.75) is 79.1 Å². The van der Waals surface area contributed by atoms with Crippen LogP contribution in [0.15, 0.2) is 48.5 Å². The molecule has 3 heterocycles. The van der Waals surface area contributed by atoms with Crippen LogP contribution in [0.4, 0.5) is 0 Å². The average Bonchev–Trinajstić information content (AvgIpc) is 3.48. The fraction of sp³-hybridized carbons (Fsp3) is 0.375. The molecule has 0 bridgehead atoms. The summed E-state index contributed by atoms with van der Waals surface area (Å²) in [5.74, 6) is 2.05. The normalized spacial score (nSPS) is 12.5. The third-order valence-electron chi connectivity index (χ3n) is 7.06. The highest BCUT2D eigenvalue weighted by molar-refractivity contribution is 7.40. The molecule has 0 unspecified atom stereocenters. The van der Waals surface area contributed by atoms with Crippen LogP contribution < -0.4 is 0 Å². The Balaban J connectivity index is 1.70. The first-order valence-corrected chi connectivity index (χ1v) is 15.3. The predicted octanol–water partition coefficient (Wildman–Crippen LogP) is 12.0. The Labute approximate surface area is 222 Å². The molecule has 0 fully saturated rings. The van der Waals surface area contributed by atoms with E-state index in [0.717, 1.165) is 0 Å². The molecule has 35 heavy (non-hydrogen) atoms. The third kappa shape index (κ3) is 4.30. The molecule has 5 aromatic rings. The van der Waals surface area contributed by atoms with Crippen LogP contribution in [0.2, 0.25) is 0 Å². The molecule has 182 valence electrons. The van der Waals surface area contributed by atoms with E-state index in [9.17, 15) is 0 Å². The largest absolute Gasteiger partial charge is 0.133 e. The summed E-state index contributed by atoms with van der Waals surface area (Å²) in [4.78, 5) is 2.86. The fourth-order valence-corrected chi connectivity index (χ4v) is 9.45. The van der Waals surface area contributed by atoms with Crippen LogP contribution in [-0.4, -0.2) is 0 Å². The van der Waals surface area contributed by atoms with Gasteiger partial charge in [-0.1, -0.05) is 91.8 Å². The molecular weight excluding hydrogens is 481 g/mol. The number of hydrogen-bond acceptors (Lipinski definition) is 3. The minimum Gasteiger partial charge on any atom is -0.133 e. The van der Waals surface area contributed by atoms with Crippen LogP contribution in [0.5, 0.6) is 0 Å². The third-order valence-corrected chi connectivity index (χ3v) is 10.9. The molecule has 3 aromatic heterocycles.